The Hall–Kier alpha value is -1.21. The van der Waals surface area contributed by atoms with Crippen LogP contribution in [0, 0.1) is 0 Å². The first-order chi connectivity index (χ1) is 7.08. The van der Waals surface area contributed by atoms with Crippen molar-refractivity contribution < 1.29 is 28.8 Å². The standard InChI is InChI=1S/C10H7ClN2O2.Li/c11-6-1-2-8-5(3-6)4-7(10(14)15)9(12)13-8;/h1-4H,(H2,12,13)(H,14,15);/q;+1/p-1. The normalized spacial score (nSPS) is 9.81. The number of anilines is 1. The van der Waals surface area contributed by atoms with Crippen molar-refractivity contribution in [3.63, 3.8) is 0 Å². The van der Waals surface area contributed by atoms with Gasteiger partial charge in [0.25, 0.3) is 0 Å². The maximum Gasteiger partial charge on any atom is 1.00 e. The third-order valence-corrected chi connectivity index (χ3v) is 2.26. The topological polar surface area (TPSA) is 79.0 Å². The van der Waals surface area contributed by atoms with Crippen LogP contribution in [0.25, 0.3) is 10.9 Å². The summed E-state index contributed by atoms with van der Waals surface area (Å²) >= 11 is 5.77. The van der Waals surface area contributed by atoms with E-state index in [1.54, 1.807) is 18.2 Å². The fourth-order valence-electron chi connectivity index (χ4n) is 1.33. The number of pyridine rings is 1. The van der Waals surface area contributed by atoms with Crippen molar-refractivity contribution in [2.24, 2.45) is 0 Å². The van der Waals surface area contributed by atoms with E-state index >= 15 is 0 Å². The number of aromatic nitrogens is 1. The van der Waals surface area contributed by atoms with Crippen molar-refractivity contribution in [3.05, 3.63) is 34.9 Å². The molecule has 0 amide bonds. The maximum atomic E-state index is 10.7. The summed E-state index contributed by atoms with van der Waals surface area (Å²) in [5, 5.41) is 11.8. The number of nitrogens with two attached hydrogens (primary N) is 1. The van der Waals surface area contributed by atoms with Crippen LogP contribution < -0.4 is 29.7 Å². The summed E-state index contributed by atoms with van der Waals surface area (Å²) in [6, 6.07) is 6.36. The molecule has 2 N–H and O–H groups in total. The first-order valence-corrected chi connectivity index (χ1v) is 4.53. The number of hydrogen-bond acceptors (Lipinski definition) is 4. The molecule has 0 saturated heterocycles. The van der Waals surface area contributed by atoms with Crippen molar-refractivity contribution in [1.82, 2.24) is 4.98 Å². The van der Waals surface area contributed by atoms with E-state index < -0.39 is 5.97 Å². The van der Waals surface area contributed by atoms with Crippen LogP contribution in [0.3, 0.4) is 0 Å². The first kappa shape index (κ1) is 12.9. The molecule has 0 atom stereocenters. The fraction of sp³-hybridized carbons (Fsp3) is 0. The molecule has 1 heterocycles. The summed E-state index contributed by atoms with van der Waals surface area (Å²) in [4.78, 5) is 14.6. The van der Waals surface area contributed by atoms with Gasteiger partial charge in [0, 0.05) is 16.0 Å². The number of fused-ring (bicyclic) bond motifs is 1. The number of carbonyl (C=O) groups is 1. The minimum absolute atomic E-state index is 0. The summed E-state index contributed by atoms with van der Waals surface area (Å²) in [6.45, 7) is 0. The van der Waals surface area contributed by atoms with Gasteiger partial charge in [0.2, 0.25) is 0 Å². The molecule has 1 aromatic heterocycles. The van der Waals surface area contributed by atoms with E-state index in [9.17, 15) is 9.90 Å². The van der Waals surface area contributed by atoms with E-state index in [0.29, 0.717) is 15.9 Å². The van der Waals surface area contributed by atoms with E-state index in [4.69, 9.17) is 17.3 Å². The summed E-state index contributed by atoms with van der Waals surface area (Å²) < 4.78 is 0. The number of carbonyl (C=O) groups excluding carboxylic acids is 1. The number of rotatable bonds is 1. The molecule has 0 fully saturated rings. The summed E-state index contributed by atoms with van der Waals surface area (Å²) in [5.74, 6) is -1.40. The predicted molar refractivity (Wildman–Crippen MR) is 55.5 cm³/mol. The van der Waals surface area contributed by atoms with Crippen molar-refractivity contribution in [3.8, 4) is 0 Å². The SMILES string of the molecule is Nc1nc2ccc(Cl)cc2cc1C(=O)[O-].[Li+]. The molecule has 4 nitrogen and oxygen atoms in total. The van der Waals surface area contributed by atoms with Gasteiger partial charge in [-0.3, -0.25) is 0 Å². The Morgan fingerprint density at radius 2 is 2.06 bits per heavy atom. The van der Waals surface area contributed by atoms with Gasteiger partial charge < -0.3 is 15.6 Å². The Labute approximate surface area is 109 Å². The molecule has 6 heteroatoms. The average Bonchev–Trinajstić information content (AvgIpc) is 2.17. The van der Waals surface area contributed by atoms with Crippen LogP contribution in [0.4, 0.5) is 5.82 Å². The molecule has 2 aromatic rings. The minimum atomic E-state index is -1.35. The van der Waals surface area contributed by atoms with E-state index in [1.165, 1.54) is 6.07 Å². The fourth-order valence-corrected chi connectivity index (χ4v) is 1.51. The second kappa shape index (κ2) is 4.75. The van der Waals surface area contributed by atoms with Gasteiger partial charge in [-0.25, -0.2) is 4.98 Å². The van der Waals surface area contributed by atoms with Crippen LogP contribution in [-0.2, 0) is 0 Å². The Bertz CT molecular complexity index is 560. The van der Waals surface area contributed by atoms with Gasteiger partial charge in [-0.1, -0.05) is 11.6 Å². The van der Waals surface area contributed by atoms with E-state index in [1.807, 2.05) is 0 Å². The molecule has 0 saturated carbocycles. The third-order valence-electron chi connectivity index (χ3n) is 2.03. The molecule has 0 aliphatic rings. The quantitative estimate of drug-likeness (QED) is 0.564. The molecule has 0 aliphatic carbocycles. The zero-order chi connectivity index (χ0) is 11.0. The zero-order valence-electron chi connectivity index (χ0n) is 8.53. The van der Waals surface area contributed by atoms with Gasteiger partial charge in [0.1, 0.15) is 5.82 Å². The van der Waals surface area contributed by atoms with E-state index in [0.717, 1.165) is 0 Å². The Kier molecular flexibility index (Phi) is 3.82. The maximum absolute atomic E-state index is 10.7. The molecule has 1 aromatic carbocycles. The number of benzene rings is 1. The number of hydrogen-bond donors (Lipinski definition) is 1. The van der Waals surface area contributed by atoms with Crippen LogP contribution >= 0.6 is 11.6 Å². The second-order valence-corrected chi connectivity index (χ2v) is 3.48. The predicted octanol–water partition coefficient (Wildman–Crippen LogP) is -2.16. The van der Waals surface area contributed by atoms with Gasteiger partial charge >= 0.3 is 18.9 Å². The van der Waals surface area contributed by atoms with Crippen LogP contribution in [0.5, 0.6) is 0 Å². The van der Waals surface area contributed by atoms with Crippen molar-refractivity contribution in [1.29, 1.82) is 0 Å². The smallest absolute Gasteiger partial charge is 0.545 e. The number of carboxylic acid groups (broad SMARTS) is 1. The number of halogens is 1. The molecule has 2 rings (SSSR count). The monoisotopic (exact) mass is 228 g/mol. The Morgan fingerprint density at radius 1 is 1.38 bits per heavy atom. The summed E-state index contributed by atoms with van der Waals surface area (Å²) in [6.07, 6.45) is 0. The number of carboxylic acids is 1. The van der Waals surface area contributed by atoms with Crippen LogP contribution in [0.2, 0.25) is 5.02 Å². The van der Waals surface area contributed by atoms with Gasteiger partial charge in [0.05, 0.1) is 11.5 Å². The molecule has 0 bridgehead atoms. The van der Waals surface area contributed by atoms with Crippen molar-refractivity contribution >= 4 is 34.3 Å². The second-order valence-electron chi connectivity index (χ2n) is 3.05. The molecule has 76 valence electrons. The Balaban J connectivity index is 0.00000128. The van der Waals surface area contributed by atoms with Crippen molar-refractivity contribution in [2.45, 2.75) is 0 Å². The average molecular weight is 229 g/mol. The summed E-state index contributed by atoms with van der Waals surface area (Å²) in [7, 11) is 0. The van der Waals surface area contributed by atoms with Gasteiger partial charge in [-0.05, 0) is 24.3 Å². The minimum Gasteiger partial charge on any atom is -0.545 e. The van der Waals surface area contributed by atoms with Crippen molar-refractivity contribution in [2.75, 3.05) is 5.73 Å². The number of nitrogens with zero attached hydrogens (tertiary/aromatic N) is 1. The third kappa shape index (κ3) is 2.30. The van der Waals surface area contributed by atoms with Crippen LogP contribution in [0.1, 0.15) is 10.4 Å². The molecule has 16 heavy (non-hydrogen) atoms. The van der Waals surface area contributed by atoms with Gasteiger partial charge in [-0.15, -0.1) is 0 Å². The largest absolute Gasteiger partial charge is 1.00 e. The van der Waals surface area contributed by atoms with Crippen LogP contribution in [0.15, 0.2) is 24.3 Å². The summed E-state index contributed by atoms with van der Waals surface area (Å²) in [5.41, 5.74) is 5.94. The molecule has 0 spiro atoms. The van der Waals surface area contributed by atoms with Crippen LogP contribution in [-0.4, -0.2) is 11.0 Å². The van der Waals surface area contributed by atoms with Gasteiger partial charge in [0.15, 0.2) is 0 Å². The van der Waals surface area contributed by atoms with E-state index in [2.05, 4.69) is 4.98 Å². The molecular weight excluding hydrogens is 223 g/mol. The number of nitrogen functional groups attached to an aromatic ring is 1. The molecule has 0 radical (unpaired) electrons. The molecule has 0 aliphatic heterocycles. The Morgan fingerprint density at radius 3 is 2.69 bits per heavy atom. The zero-order valence-corrected chi connectivity index (χ0v) is 9.28. The number of aromatic carboxylic acids is 1. The van der Waals surface area contributed by atoms with Gasteiger partial charge in [-0.2, -0.15) is 0 Å². The van der Waals surface area contributed by atoms with E-state index in [-0.39, 0.29) is 30.2 Å². The molecule has 0 unspecified atom stereocenters. The first-order valence-electron chi connectivity index (χ1n) is 4.15. The molecular formula is C10H6ClLiN2O2.